The van der Waals surface area contributed by atoms with Crippen molar-refractivity contribution in [2.45, 2.75) is 20.8 Å². The molecule has 0 aliphatic rings. The van der Waals surface area contributed by atoms with Crippen LogP contribution in [-0.2, 0) is 4.79 Å². The lowest BCUT2D eigenvalue weighted by Gasteiger charge is -2.09. The minimum absolute atomic E-state index is 0.0944. The van der Waals surface area contributed by atoms with E-state index in [1.165, 1.54) is 18.4 Å². The fraction of sp³-hybridized carbons (Fsp3) is 0.111. The average molecular weight is 426 g/mol. The summed E-state index contributed by atoms with van der Waals surface area (Å²) in [5, 5.41) is 0.336. The van der Waals surface area contributed by atoms with Crippen LogP contribution in [0, 0.1) is 20.8 Å². The SMILES string of the molecule is Cc1ccc(C=CC(=O)Oc2ccc3c(=O)c(Oc4cc(C)ccc4C)coc3c2)cc1. The van der Waals surface area contributed by atoms with Crippen molar-refractivity contribution in [3.63, 3.8) is 0 Å². The second-order valence-corrected chi connectivity index (χ2v) is 7.62. The molecule has 160 valence electrons. The maximum atomic E-state index is 12.8. The summed E-state index contributed by atoms with van der Waals surface area (Å²) in [6.45, 7) is 5.86. The number of carbonyl (C=O) groups is 1. The third-order valence-electron chi connectivity index (χ3n) is 4.99. The van der Waals surface area contributed by atoms with Gasteiger partial charge < -0.3 is 13.9 Å². The third kappa shape index (κ3) is 4.78. The zero-order valence-corrected chi connectivity index (χ0v) is 18.0. The van der Waals surface area contributed by atoms with Gasteiger partial charge in [-0.15, -0.1) is 0 Å². The van der Waals surface area contributed by atoms with E-state index in [2.05, 4.69) is 0 Å². The van der Waals surface area contributed by atoms with Crippen LogP contribution in [0.4, 0.5) is 0 Å². The predicted molar refractivity (Wildman–Crippen MR) is 124 cm³/mol. The van der Waals surface area contributed by atoms with Gasteiger partial charge in [-0.1, -0.05) is 42.0 Å². The first kappa shape index (κ1) is 21.1. The lowest BCUT2D eigenvalue weighted by atomic mass is 10.1. The number of aryl methyl sites for hydroxylation is 3. The Hall–Kier alpha value is -4.12. The van der Waals surface area contributed by atoms with E-state index in [1.54, 1.807) is 18.2 Å². The van der Waals surface area contributed by atoms with Crippen molar-refractivity contribution in [3.8, 4) is 17.2 Å². The molecule has 0 amide bonds. The number of rotatable bonds is 5. The predicted octanol–water partition coefficient (Wildman–Crippen LogP) is 6.13. The zero-order valence-electron chi connectivity index (χ0n) is 18.0. The largest absolute Gasteiger partial charge is 0.460 e. The highest BCUT2D eigenvalue weighted by Crippen LogP contribution is 2.27. The molecule has 1 aromatic heterocycles. The lowest BCUT2D eigenvalue weighted by molar-refractivity contribution is -0.128. The van der Waals surface area contributed by atoms with Gasteiger partial charge in [-0.05, 0) is 61.7 Å². The highest BCUT2D eigenvalue weighted by atomic mass is 16.5. The summed E-state index contributed by atoms with van der Waals surface area (Å²) < 4.78 is 16.7. The van der Waals surface area contributed by atoms with Crippen LogP contribution in [-0.4, -0.2) is 5.97 Å². The zero-order chi connectivity index (χ0) is 22.7. The number of hydrogen-bond acceptors (Lipinski definition) is 5. The van der Waals surface area contributed by atoms with Crippen LogP contribution in [0.15, 0.2) is 82.2 Å². The smallest absolute Gasteiger partial charge is 0.336 e. The van der Waals surface area contributed by atoms with Gasteiger partial charge >= 0.3 is 5.97 Å². The second-order valence-electron chi connectivity index (χ2n) is 7.62. The number of benzene rings is 3. The molecule has 1 heterocycles. The van der Waals surface area contributed by atoms with Gasteiger partial charge in [0.1, 0.15) is 23.3 Å². The van der Waals surface area contributed by atoms with Crippen LogP contribution in [0.1, 0.15) is 22.3 Å². The highest BCUT2D eigenvalue weighted by molar-refractivity contribution is 5.89. The van der Waals surface area contributed by atoms with Crippen molar-refractivity contribution in [2.24, 2.45) is 0 Å². The molecule has 0 aliphatic carbocycles. The van der Waals surface area contributed by atoms with E-state index in [-0.39, 0.29) is 16.9 Å². The van der Waals surface area contributed by atoms with E-state index in [4.69, 9.17) is 13.9 Å². The number of ether oxygens (including phenoxy) is 2. The third-order valence-corrected chi connectivity index (χ3v) is 4.99. The Labute approximate surface area is 185 Å². The molecule has 0 bridgehead atoms. The van der Waals surface area contributed by atoms with Crippen LogP contribution in [0.25, 0.3) is 17.0 Å². The maximum absolute atomic E-state index is 12.8. The molecule has 0 aliphatic heterocycles. The van der Waals surface area contributed by atoms with E-state index >= 15 is 0 Å². The number of carbonyl (C=O) groups excluding carboxylic acids is 1. The van der Waals surface area contributed by atoms with Gasteiger partial charge in [-0.25, -0.2) is 4.79 Å². The number of esters is 1. The van der Waals surface area contributed by atoms with Crippen LogP contribution in [0.5, 0.6) is 17.2 Å². The lowest BCUT2D eigenvalue weighted by Crippen LogP contribution is -2.07. The molecular weight excluding hydrogens is 404 g/mol. The molecule has 0 spiro atoms. The summed E-state index contributed by atoms with van der Waals surface area (Å²) in [6.07, 6.45) is 4.31. The molecule has 5 nitrogen and oxygen atoms in total. The van der Waals surface area contributed by atoms with Gasteiger partial charge in [0.05, 0.1) is 5.39 Å². The fourth-order valence-electron chi connectivity index (χ4n) is 3.15. The van der Waals surface area contributed by atoms with Crippen LogP contribution >= 0.6 is 0 Å². The van der Waals surface area contributed by atoms with E-state index in [9.17, 15) is 9.59 Å². The summed E-state index contributed by atoms with van der Waals surface area (Å²) in [7, 11) is 0. The van der Waals surface area contributed by atoms with Crippen molar-refractivity contribution < 1.29 is 18.7 Å². The molecule has 32 heavy (non-hydrogen) atoms. The van der Waals surface area contributed by atoms with Crippen LogP contribution in [0.3, 0.4) is 0 Å². The van der Waals surface area contributed by atoms with E-state index in [0.29, 0.717) is 16.7 Å². The molecule has 3 aromatic carbocycles. The van der Waals surface area contributed by atoms with E-state index in [1.807, 2.05) is 63.2 Å². The van der Waals surface area contributed by atoms with Gasteiger partial charge in [0.25, 0.3) is 0 Å². The van der Waals surface area contributed by atoms with Gasteiger partial charge in [0.2, 0.25) is 11.2 Å². The van der Waals surface area contributed by atoms with Crippen LogP contribution in [0.2, 0.25) is 0 Å². The maximum Gasteiger partial charge on any atom is 0.336 e. The molecule has 0 saturated heterocycles. The Kier molecular flexibility index (Phi) is 5.90. The molecule has 0 fully saturated rings. The number of hydrogen-bond donors (Lipinski definition) is 0. The highest BCUT2D eigenvalue weighted by Gasteiger charge is 2.12. The first-order valence-electron chi connectivity index (χ1n) is 10.2. The molecule has 0 unspecified atom stereocenters. The minimum Gasteiger partial charge on any atom is -0.460 e. The van der Waals surface area contributed by atoms with E-state index < -0.39 is 5.97 Å². The second kappa shape index (κ2) is 8.94. The summed E-state index contributed by atoms with van der Waals surface area (Å²) in [5.74, 6) is 0.448. The van der Waals surface area contributed by atoms with Crippen molar-refractivity contribution in [2.75, 3.05) is 0 Å². The summed E-state index contributed by atoms with van der Waals surface area (Å²) in [5.41, 5.74) is 3.98. The topological polar surface area (TPSA) is 65.7 Å². The molecule has 4 aromatic rings. The van der Waals surface area contributed by atoms with Gasteiger partial charge in [0, 0.05) is 12.1 Å². The van der Waals surface area contributed by atoms with Crippen LogP contribution < -0.4 is 14.9 Å². The molecule has 0 atom stereocenters. The molecular formula is C27H22O5. The quantitative estimate of drug-likeness (QED) is 0.218. The molecule has 4 rings (SSSR count). The standard InChI is InChI=1S/C27H22O5/c1-17-5-8-20(9-6-17)10-13-26(28)31-21-11-12-22-24(15-21)30-16-25(27(22)29)32-23-14-18(2)4-7-19(23)3/h4-16H,1-3H3. The first-order chi connectivity index (χ1) is 15.4. The normalized spacial score (nSPS) is 11.1. The Bertz CT molecular complexity index is 1380. The van der Waals surface area contributed by atoms with Crippen molar-refractivity contribution in [3.05, 3.63) is 105 Å². The Morgan fingerprint density at radius 2 is 1.62 bits per heavy atom. The Balaban J connectivity index is 1.52. The van der Waals surface area contributed by atoms with E-state index in [0.717, 1.165) is 22.3 Å². The first-order valence-corrected chi connectivity index (χ1v) is 10.2. The van der Waals surface area contributed by atoms with Crippen molar-refractivity contribution in [1.29, 1.82) is 0 Å². The fourth-order valence-corrected chi connectivity index (χ4v) is 3.15. The van der Waals surface area contributed by atoms with Gasteiger partial charge in [-0.3, -0.25) is 4.79 Å². The Morgan fingerprint density at radius 1 is 0.875 bits per heavy atom. The summed E-state index contributed by atoms with van der Waals surface area (Å²) >= 11 is 0. The minimum atomic E-state index is -0.526. The summed E-state index contributed by atoms with van der Waals surface area (Å²) in [6, 6.07) is 18.2. The number of fused-ring (bicyclic) bond motifs is 1. The summed E-state index contributed by atoms with van der Waals surface area (Å²) in [4.78, 5) is 25.0. The Morgan fingerprint density at radius 3 is 2.41 bits per heavy atom. The van der Waals surface area contributed by atoms with Gasteiger partial charge in [0.15, 0.2) is 0 Å². The molecule has 5 heteroatoms. The molecule has 0 radical (unpaired) electrons. The van der Waals surface area contributed by atoms with Crippen molar-refractivity contribution >= 4 is 23.0 Å². The monoisotopic (exact) mass is 426 g/mol. The molecule has 0 saturated carbocycles. The average Bonchev–Trinajstić information content (AvgIpc) is 2.78. The molecule has 0 N–H and O–H groups in total. The van der Waals surface area contributed by atoms with Gasteiger partial charge in [-0.2, -0.15) is 0 Å². The van der Waals surface area contributed by atoms with Crippen molar-refractivity contribution in [1.82, 2.24) is 0 Å².